The minimum atomic E-state index is 0.292. The van der Waals surface area contributed by atoms with Crippen molar-refractivity contribution in [2.45, 2.75) is 25.7 Å². The molecule has 0 saturated carbocycles. The Bertz CT molecular complexity index is 1330. The Labute approximate surface area is 212 Å². The van der Waals surface area contributed by atoms with Crippen molar-refractivity contribution in [3.8, 4) is 23.0 Å². The van der Waals surface area contributed by atoms with Gasteiger partial charge in [0, 0.05) is 25.7 Å². The molecule has 0 spiro atoms. The molecule has 5 rings (SSSR count). The molecule has 4 aromatic rings. The van der Waals surface area contributed by atoms with Gasteiger partial charge in [-0.1, -0.05) is 85.5 Å². The molecule has 8 bridgehead atoms. The molecule has 0 atom stereocenters. The van der Waals surface area contributed by atoms with Crippen molar-refractivity contribution in [1.29, 1.82) is 0 Å². The van der Waals surface area contributed by atoms with E-state index >= 15 is 0 Å². The second-order valence-electron chi connectivity index (χ2n) is 9.17. The van der Waals surface area contributed by atoms with E-state index in [9.17, 15) is 10.2 Å². The molecule has 0 amide bonds. The van der Waals surface area contributed by atoms with Gasteiger partial charge < -0.3 is 19.7 Å². The van der Waals surface area contributed by atoms with E-state index in [2.05, 4.69) is 6.58 Å². The summed E-state index contributed by atoms with van der Waals surface area (Å²) < 4.78 is 12.0. The highest BCUT2D eigenvalue weighted by Gasteiger charge is 2.19. The van der Waals surface area contributed by atoms with Crippen molar-refractivity contribution in [2.75, 3.05) is 13.7 Å². The van der Waals surface area contributed by atoms with Gasteiger partial charge in [-0.05, 0) is 44.5 Å². The van der Waals surface area contributed by atoms with E-state index in [1.54, 1.807) is 13.2 Å². The van der Waals surface area contributed by atoms with Gasteiger partial charge in [0.05, 0.1) is 7.11 Å². The maximum atomic E-state index is 11.3. The smallest absolute Gasteiger partial charge is 0.126 e. The summed E-state index contributed by atoms with van der Waals surface area (Å²) in [5.74, 6) is 2.13. The third kappa shape index (κ3) is 4.55. The molecule has 0 saturated heterocycles. The van der Waals surface area contributed by atoms with Gasteiger partial charge in [0.2, 0.25) is 0 Å². The van der Waals surface area contributed by atoms with E-state index in [4.69, 9.17) is 9.47 Å². The normalized spacial score (nSPS) is 12.6. The fourth-order valence-electron chi connectivity index (χ4n) is 5.10. The van der Waals surface area contributed by atoms with Gasteiger partial charge in [0.25, 0.3) is 0 Å². The number of rotatable bonds is 4. The summed E-state index contributed by atoms with van der Waals surface area (Å²) in [4.78, 5) is 0. The fourth-order valence-corrected chi connectivity index (χ4v) is 5.10. The Morgan fingerprint density at radius 1 is 0.611 bits per heavy atom. The first-order valence-electron chi connectivity index (χ1n) is 12.2. The zero-order valence-electron chi connectivity index (χ0n) is 20.5. The largest absolute Gasteiger partial charge is 0.507 e. The molecule has 0 aliphatic heterocycles. The molecule has 4 aromatic carbocycles. The molecule has 1 aliphatic rings. The van der Waals surface area contributed by atoms with Crippen molar-refractivity contribution < 1.29 is 19.7 Å². The first-order valence-corrected chi connectivity index (χ1v) is 12.2. The minimum absolute atomic E-state index is 0.292. The Kier molecular flexibility index (Phi) is 6.68. The lowest BCUT2D eigenvalue weighted by Crippen LogP contribution is -2.05. The van der Waals surface area contributed by atoms with Gasteiger partial charge in [-0.25, -0.2) is 0 Å². The predicted octanol–water partition coefficient (Wildman–Crippen LogP) is 6.35. The summed E-state index contributed by atoms with van der Waals surface area (Å²) in [6.45, 7) is 4.17. The number of para-hydroxylation sites is 4. The summed E-state index contributed by atoms with van der Waals surface area (Å²) in [6, 6.07) is 23.9. The van der Waals surface area contributed by atoms with Gasteiger partial charge >= 0.3 is 0 Å². The standard InChI is InChI=1S/C32H30O4/c1-3-16-36-32-27-14-7-15-28(32)20-24-11-5-9-22(30(24)34)18-26-13-6-12-25(31(26)35-2)17-21-8-4-10-23(19-27)29(21)33/h3-15,33-34H,1,16-20H2,2H3. The first-order chi connectivity index (χ1) is 17.6. The maximum absolute atomic E-state index is 11.3. The van der Waals surface area contributed by atoms with Crippen LogP contribution in [0.3, 0.4) is 0 Å². The number of hydrogen-bond acceptors (Lipinski definition) is 4. The predicted molar refractivity (Wildman–Crippen MR) is 143 cm³/mol. The average molecular weight is 479 g/mol. The summed E-state index contributed by atoms with van der Waals surface area (Å²) in [7, 11) is 1.67. The van der Waals surface area contributed by atoms with Crippen molar-refractivity contribution in [1.82, 2.24) is 0 Å². The third-order valence-corrected chi connectivity index (χ3v) is 6.84. The van der Waals surface area contributed by atoms with Crippen LogP contribution in [-0.2, 0) is 25.7 Å². The Balaban J connectivity index is 1.72. The first kappa shape index (κ1) is 23.6. The van der Waals surface area contributed by atoms with E-state index in [0.29, 0.717) is 43.8 Å². The average Bonchev–Trinajstić information content (AvgIpc) is 2.88. The van der Waals surface area contributed by atoms with Crippen LogP contribution in [0.1, 0.15) is 44.5 Å². The number of aromatic hydroxyl groups is 2. The molecule has 182 valence electrons. The Hall–Kier alpha value is -4.18. The molecule has 0 radical (unpaired) electrons. The second-order valence-corrected chi connectivity index (χ2v) is 9.17. The lowest BCUT2D eigenvalue weighted by molar-refractivity contribution is 0.356. The quantitative estimate of drug-likeness (QED) is 0.296. The van der Waals surface area contributed by atoms with Crippen molar-refractivity contribution in [3.05, 3.63) is 130 Å². The molecular weight excluding hydrogens is 448 g/mol. The highest BCUT2D eigenvalue weighted by molar-refractivity contribution is 5.55. The Morgan fingerprint density at radius 3 is 1.28 bits per heavy atom. The highest BCUT2D eigenvalue weighted by atomic mass is 16.5. The molecule has 2 N–H and O–H groups in total. The number of phenols is 2. The fraction of sp³-hybridized carbons (Fsp3) is 0.188. The van der Waals surface area contributed by atoms with Gasteiger partial charge in [-0.15, -0.1) is 0 Å². The van der Waals surface area contributed by atoms with Crippen LogP contribution in [0.25, 0.3) is 0 Å². The number of hydrogen-bond donors (Lipinski definition) is 2. The lowest BCUT2D eigenvalue weighted by atomic mass is 9.91. The maximum Gasteiger partial charge on any atom is 0.126 e. The summed E-state index contributed by atoms with van der Waals surface area (Å²) >= 11 is 0. The van der Waals surface area contributed by atoms with E-state index in [-0.39, 0.29) is 0 Å². The number of ether oxygens (including phenoxy) is 2. The van der Waals surface area contributed by atoms with E-state index in [1.165, 1.54) is 0 Å². The number of fused-ring (bicyclic) bond motifs is 8. The van der Waals surface area contributed by atoms with Gasteiger partial charge in [-0.3, -0.25) is 0 Å². The molecule has 0 fully saturated rings. The van der Waals surface area contributed by atoms with Crippen LogP contribution >= 0.6 is 0 Å². The van der Waals surface area contributed by atoms with Crippen LogP contribution < -0.4 is 9.47 Å². The highest BCUT2D eigenvalue weighted by Crippen LogP contribution is 2.37. The summed E-state index contributed by atoms with van der Waals surface area (Å²) in [5.41, 5.74) is 7.27. The summed E-state index contributed by atoms with van der Waals surface area (Å²) in [5, 5.41) is 22.5. The van der Waals surface area contributed by atoms with E-state index in [0.717, 1.165) is 56.0 Å². The zero-order valence-corrected chi connectivity index (χ0v) is 20.5. The zero-order chi connectivity index (χ0) is 25.1. The number of methoxy groups -OCH3 is 1. The second kappa shape index (κ2) is 10.2. The monoisotopic (exact) mass is 478 g/mol. The third-order valence-electron chi connectivity index (χ3n) is 6.84. The van der Waals surface area contributed by atoms with Crippen LogP contribution in [-0.4, -0.2) is 23.9 Å². The number of phenolic OH excluding ortho intramolecular Hbond substituents is 2. The van der Waals surface area contributed by atoms with Crippen LogP contribution in [0, 0.1) is 0 Å². The molecule has 0 heterocycles. The SMILES string of the molecule is C=CCOc1c2cccc1Cc1cccc(c1O)Cc1cccc(c1OC)Cc1cccc(c1O)C2. The van der Waals surface area contributed by atoms with Crippen LogP contribution in [0.15, 0.2) is 85.5 Å². The van der Waals surface area contributed by atoms with Crippen molar-refractivity contribution in [3.63, 3.8) is 0 Å². The van der Waals surface area contributed by atoms with Crippen LogP contribution in [0.2, 0.25) is 0 Å². The van der Waals surface area contributed by atoms with Crippen LogP contribution in [0.4, 0.5) is 0 Å². The minimum Gasteiger partial charge on any atom is -0.507 e. The number of benzene rings is 4. The van der Waals surface area contributed by atoms with Crippen molar-refractivity contribution >= 4 is 0 Å². The molecular formula is C32H30O4. The van der Waals surface area contributed by atoms with Gasteiger partial charge in [0.15, 0.2) is 0 Å². The van der Waals surface area contributed by atoms with Crippen molar-refractivity contribution in [2.24, 2.45) is 0 Å². The summed E-state index contributed by atoms with van der Waals surface area (Å²) in [6.07, 6.45) is 3.82. The van der Waals surface area contributed by atoms with Gasteiger partial charge in [-0.2, -0.15) is 0 Å². The molecule has 0 unspecified atom stereocenters. The topological polar surface area (TPSA) is 58.9 Å². The molecule has 36 heavy (non-hydrogen) atoms. The lowest BCUT2D eigenvalue weighted by Gasteiger charge is -2.19. The molecule has 4 nitrogen and oxygen atoms in total. The molecule has 1 aliphatic carbocycles. The van der Waals surface area contributed by atoms with E-state index < -0.39 is 0 Å². The van der Waals surface area contributed by atoms with Gasteiger partial charge in [0.1, 0.15) is 29.6 Å². The van der Waals surface area contributed by atoms with E-state index in [1.807, 2.05) is 72.8 Å². The molecule has 0 aromatic heterocycles. The Morgan fingerprint density at radius 2 is 0.944 bits per heavy atom. The molecule has 4 heteroatoms. The van der Waals surface area contributed by atoms with Crippen LogP contribution in [0.5, 0.6) is 23.0 Å².